The summed E-state index contributed by atoms with van der Waals surface area (Å²) in [5.41, 5.74) is -0.881. The Hall–Kier alpha value is -2.81. The molecule has 1 aliphatic rings. The zero-order valence-corrected chi connectivity index (χ0v) is 12.7. The highest BCUT2D eigenvalue weighted by Gasteiger charge is 2.43. The van der Waals surface area contributed by atoms with Crippen LogP contribution in [0.5, 0.6) is 5.75 Å². The van der Waals surface area contributed by atoms with Crippen LogP contribution in [-0.2, 0) is 4.79 Å². The van der Waals surface area contributed by atoms with Crippen molar-refractivity contribution < 1.29 is 13.9 Å². The molecule has 23 heavy (non-hydrogen) atoms. The van der Waals surface area contributed by atoms with E-state index in [0.29, 0.717) is 11.3 Å². The molecule has 1 atom stereocenters. The van der Waals surface area contributed by atoms with Crippen molar-refractivity contribution in [2.75, 3.05) is 6.61 Å². The predicted octanol–water partition coefficient (Wildman–Crippen LogP) is 1.98. The topological polar surface area (TPSA) is 92.3 Å². The zero-order valence-electron chi connectivity index (χ0n) is 12.7. The first-order valence-electron chi connectivity index (χ1n) is 7.39. The Balaban J connectivity index is 1.65. The summed E-state index contributed by atoms with van der Waals surface area (Å²) in [6.45, 7) is 1.53. The second-order valence-electron chi connectivity index (χ2n) is 5.88. The van der Waals surface area contributed by atoms with Gasteiger partial charge in [-0.25, -0.2) is 4.79 Å². The van der Waals surface area contributed by atoms with Gasteiger partial charge >= 0.3 is 5.63 Å². The fourth-order valence-electron chi connectivity index (χ4n) is 2.49. The molecule has 1 aliphatic carbocycles. The molecule has 1 fully saturated rings. The number of benzene rings is 1. The van der Waals surface area contributed by atoms with E-state index in [1.807, 2.05) is 0 Å². The monoisotopic (exact) mass is 312 g/mol. The summed E-state index contributed by atoms with van der Waals surface area (Å²) in [5.74, 6) is 0.286. The molecule has 1 saturated carbocycles. The van der Waals surface area contributed by atoms with E-state index in [0.717, 1.165) is 18.2 Å². The molecule has 1 N–H and O–H groups in total. The highest BCUT2D eigenvalue weighted by Crippen LogP contribution is 2.39. The normalized spacial score (nSPS) is 16.3. The molecule has 6 nitrogen and oxygen atoms in total. The van der Waals surface area contributed by atoms with E-state index in [1.54, 1.807) is 31.2 Å². The van der Waals surface area contributed by atoms with Crippen molar-refractivity contribution in [3.8, 4) is 11.8 Å². The molecule has 1 unspecified atom stereocenters. The number of hydrogen-bond donors (Lipinski definition) is 1. The molecule has 2 aromatic rings. The van der Waals surface area contributed by atoms with E-state index >= 15 is 0 Å². The second-order valence-corrected chi connectivity index (χ2v) is 5.88. The number of hydrogen-bond acceptors (Lipinski definition) is 5. The number of carbonyl (C=O) groups is 1. The molecule has 1 heterocycles. The lowest BCUT2D eigenvalue weighted by atomic mass is 9.98. The van der Waals surface area contributed by atoms with Gasteiger partial charge in [-0.3, -0.25) is 4.79 Å². The SMILES string of the molecule is CC(C#N)(NC(=O)COc1ccc2ccc(=O)oc2c1)C1CC1. The van der Waals surface area contributed by atoms with Crippen LogP contribution in [0.3, 0.4) is 0 Å². The Kier molecular flexibility index (Phi) is 3.78. The van der Waals surface area contributed by atoms with Crippen LogP contribution in [0.2, 0.25) is 0 Å². The lowest BCUT2D eigenvalue weighted by Crippen LogP contribution is -2.48. The molecule has 0 radical (unpaired) electrons. The number of nitrogens with one attached hydrogen (secondary N) is 1. The van der Waals surface area contributed by atoms with Crippen LogP contribution in [0, 0.1) is 17.2 Å². The highest BCUT2D eigenvalue weighted by atomic mass is 16.5. The molecule has 0 spiro atoms. The predicted molar refractivity (Wildman–Crippen MR) is 82.9 cm³/mol. The minimum Gasteiger partial charge on any atom is -0.484 e. The lowest BCUT2D eigenvalue weighted by molar-refractivity contribution is -0.124. The van der Waals surface area contributed by atoms with E-state index in [4.69, 9.17) is 9.15 Å². The molecular weight excluding hydrogens is 296 g/mol. The molecule has 0 saturated heterocycles. The average molecular weight is 312 g/mol. The molecule has 0 bridgehead atoms. The summed E-state index contributed by atoms with van der Waals surface area (Å²) in [7, 11) is 0. The number of nitrogens with zero attached hydrogens (tertiary/aromatic N) is 1. The van der Waals surface area contributed by atoms with Gasteiger partial charge in [0.05, 0.1) is 6.07 Å². The Morgan fingerprint density at radius 1 is 1.43 bits per heavy atom. The van der Waals surface area contributed by atoms with Crippen molar-refractivity contribution >= 4 is 16.9 Å². The van der Waals surface area contributed by atoms with Crippen LogP contribution in [0.4, 0.5) is 0 Å². The van der Waals surface area contributed by atoms with E-state index < -0.39 is 11.2 Å². The summed E-state index contributed by atoms with van der Waals surface area (Å²) >= 11 is 0. The van der Waals surface area contributed by atoms with Gasteiger partial charge < -0.3 is 14.5 Å². The maximum absolute atomic E-state index is 12.0. The molecule has 118 valence electrons. The molecule has 1 aromatic carbocycles. The molecular formula is C17H16N2O4. The van der Waals surface area contributed by atoms with Crippen molar-refractivity contribution in [1.29, 1.82) is 5.26 Å². The molecule has 1 amide bonds. The standard InChI is InChI=1S/C17H16N2O4/c1-17(10-18,12-4-5-12)19-15(20)9-22-13-6-2-11-3-7-16(21)23-14(11)8-13/h2-3,6-8,12H,4-5,9H2,1H3,(H,19,20). The Bertz CT molecular complexity index is 848. The van der Waals surface area contributed by atoms with Crippen molar-refractivity contribution in [3.63, 3.8) is 0 Å². The minimum atomic E-state index is -0.837. The number of amides is 1. The summed E-state index contributed by atoms with van der Waals surface area (Å²) in [4.78, 5) is 23.2. The summed E-state index contributed by atoms with van der Waals surface area (Å²) in [6.07, 6.45) is 1.91. The van der Waals surface area contributed by atoms with Gasteiger partial charge in [0.25, 0.3) is 5.91 Å². The van der Waals surface area contributed by atoms with Gasteiger partial charge in [0.1, 0.15) is 16.9 Å². The lowest BCUT2D eigenvalue weighted by Gasteiger charge is -2.22. The summed E-state index contributed by atoms with van der Waals surface area (Å²) in [5, 5.41) is 12.7. The fraction of sp³-hybridized carbons (Fsp3) is 0.353. The number of rotatable bonds is 5. The van der Waals surface area contributed by atoms with E-state index in [9.17, 15) is 14.9 Å². The fourth-order valence-corrected chi connectivity index (χ4v) is 2.49. The van der Waals surface area contributed by atoms with Crippen molar-refractivity contribution in [2.45, 2.75) is 25.3 Å². The average Bonchev–Trinajstić information content (AvgIpc) is 3.37. The van der Waals surface area contributed by atoms with Gasteiger partial charge in [-0.05, 0) is 43.9 Å². The van der Waals surface area contributed by atoms with E-state index in [1.165, 1.54) is 6.07 Å². The number of nitriles is 1. The van der Waals surface area contributed by atoms with Crippen LogP contribution < -0.4 is 15.7 Å². The Morgan fingerprint density at radius 2 is 2.17 bits per heavy atom. The van der Waals surface area contributed by atoms with Crippen LogP contribution in [-0.4, -0.2) is 18.1 Å². The van der Waals surface area contributed by atoms with Crippen molar-refractivity contribution in [1.82, 2.24) is 5.32 Å². The van der Waals surface area contributed by atoms with Gasteiger partial charge in [-0.2, -0.15) is 5.26 Å². The van der Waals surface area contributed by atoms with Crippen LogP contribution >= 0.6 is 0 Å². The van der Waals surface area contributed by atoms with Crippen molar-refractivity contribution in [3.05, 3.63) is 40.8 Å². The van der Waals surface area contributed by atoms with Gasteiger partial charge in [0.2, 0.25) is 0 Å². The summed E-state index contributed by atoms with van der Waals surface area (Å²) < 4.78 is 10.5. The largest absolute Gasteiger partial charge is 0.484 e. The minimum absolute atomic E-state index is 0.202. The maximum atomic E-state index is 12.0. The first-order valence-corrected chi connectivity index (χ1v) is 7.39. The third-order valence-electron chi connectivity index (χ3n) is 3.99. The summed E-state index contributed by atoms with van der Waals surface area (Å²) in [6, 6.07) is 10.2. The second kappa shape index (κ2) is 5.76. The first-order chi connectivity index (χ1) is 11.0. The highest BCUT2D eigenvalue weighted by molar-refractivity contribution is 5.80. The molecule has 6 heteroatoms. The van der Waals surface area contributed by atoms with Crippen molar-refractivity contribution in [2.24, 2.45) is 5.92 Å². The third kappa shape index (κ3) is 3.34. The van der Waals surface area contributed by atoms with Gasteiger partial charge in [-0.15, -0.1) is 0 Å². The van der Waals surface area contributed by atoms with Gasteiger partial charge in [0, 0.05) is 17.5 Å². The van der Waals surface area contributed by atoms with Gasteiger partial charge in [-0.1, -0.05) is 0 Å². The van der Waals surface area contributed by atoms with Gasteiger partial charge in [0.15, 0.2) is 6.61 Å². The quantitative estimate of drug-likeness (QED) is 0.852. The molecule has 0 aliphatic heterocycles. The third-order valence-corrected chi connectivity index (χ3v) is 3.99. The smallest absolute Gasteiger partial charge is 0.336 e. The number of ether oxygens (including phenoxy) is 1. The first kappa shape index (κ1) is 15.1. The van der Waals surface area contributed by atoms with E-state index in [-0.39, 0.29) is 18.4 Å². The zero-order chi connectivity index (χ0) is 16.4. The Labute approximate surface area is 132 Å². The molecule has 1 aromatic heterocycles. The van der Waals surface area contributed by atoms with Crippen LogP contribution in [0.15, 0.2) is 39.5 Å². The van der Waals surface area contributed by atoms with Crippen LogP contribution in [0.1, 0.15) is 19.8 Å². The molecule has 3 rings (SSSR count). The maximum Gasteiger partial charge on any atom is 0.336 e. The Morgan fingerprint density at radius 3 is 2.87 bits per heavy atom. The van der Waals surface area contributed by atoms with Crippen LogP contribution in [0.25, 0.3) is 11.0 Å². The number of carbonyl (C=O) groups excluding carboxylic acids is 1. The number of fused-ring (bicyclic) bond motifs is 1. The van der Waals surface area contributed by atoms with E-state index in [2.05, 4.69) is 11.4 Å².